The van der Waals surface area contributed by atoms with Crippen LogP contribution in [0.5, 0.6) is 0 Å². The van der Waals surface area contributed by atoms with Gasteiger partial charge in [-0.05, 0) is 48.1 Å². The fourth-order valence-corrected chi connectivity index (χ4v) is 4.12. The van der Waals surface area contributed by atoms with Crippen LogP contribution in [0.2, 0.25) is 0 Å². The van der Waals surface area contributed by atoms with Gasteiger partial charge in [0.15, 0.2) is 0 Å². The number of anilines is 1. The van der Waals surface area contributed by atoms with Crippen LogP contribution in [0.25, 0.3) is 0 Å². The molecule has 134 valence electrons. The highest BCUT2D eigenvalue weighted by atomic mass is 32.2. The zero-order valence-corrected chi connectivity index (χ0v) is 15.7. The molecule has 3 nitrogen and oxygen atoms in total. The average molecular weight is 365 g/mol. The molecule has 0 atom stereocenters. The molecule has 26 heavy (non-hydrogen) atoms. The Hall–Kier alpha value is -2.59. The molecule has 0 aliphatic heterocycles. The maximum absolute atomic E-state index is 12.5. The molecule has 0 saturated carbocycles. The predicted molar refractivity (Wildman–Crippen MR) is 108 cm³/mol. The SMILES string of the molecule is Cc1ccc(CCc2ccccc2)cc1NS(=O)(=O)Cc1ccccc1. The van der Waals surface area contributed by atoms with Gasteiger partial charge in [-0.2, -0.15) is 0 Å². The molecule has 0 aliphatic rings. The van der Waals surface area contributed by atoms with Crippen molar-refractivity contribution < 1.29 is 8.42 Å². The molecular formula is C22H23NO2S. The quantitative estimate of drug-likeness (QED) is 0.658. The smallest absolute Gasteiger partial charge is 0.236 e. The van der Waals surface area contributed by atoms with Gasteiger partial charge in [0, 0.05) is 0 Å². The van der Waals surface area contributed by atoms with Crippen molar-refractivity contribution in [3.05, 3.63) is 101 Å². The van der Waals surface area contributed by atoms with Crippen molar-refractivity contribution in [2.45, 2.75) is 25.5 Å². The number of aryl methyl sites for hydroxylation is 3. The topological polar surface area (TPSA) is 46.2 Å². The Balaban J connectivity index is 1.71. The van der Waals surface area contributed by atoms with Crippen LogP contribution in [0.1, 0.15) is 22.3 Å². The summed E-state index contributed by atoms with van der Waals surface area (Å²) in [5, 5.41) is 0. The molecule has 0 unspecified atom stereocenters. The van der Waals surface area contributed by atoms with E-state index in [1.54, 1.807) is 0 Å². The van der Waals surface area contributed by atoms with E-state index >= 15 is 0 Å². The molecule has 1 N–H and O–H groups in total. The van der Waals surface area contributed by atoms with E-state index < -0.39 is 10.0 Å². The van der Waals surface area contributed by atoms with Crippen molar-refractivity contribution in [1.82, 2.24) is 0 Å². The lowest BCUT2D eigenvalue weighted by Crippen LogP contribution is -2.16. The number of benzene rings is 3. The number of sulfonamides is 1. The normalized spacial score (nSPS) is 11.3. The minimum atomic E-state index is -3.44. The highest BCUT2D eigenvalue weighted by Crippen LogP contribution is 2.21. The number of nitrogens with one attached hydrogen (secondary N) is 1. The summed E-state index contributed by atoms with van der Waals surface area (Å²) in [6, 6.07) is 25.5. The summed E-state index contributed by atoms with van der Waals surface area (Å²) in [7, 11) is -3.44. The van der Waals surface area contributed by atoms with E-state index in [0.29, 0.717) is 5.69 Å². The molecule has 4 heteroatoms. The van der Waals surface area contributed by atoms with E-state index in [2.05, 4.69) is 22.9 Å². The Labute approximate surface area is 155 Å². The molecular weight excluding hydrogens is 342 g/mol. The highest BCUT2D eigenvalue weighted by Gasteiger charge is 2.13. The predicted octanol–water partition coefficient (Wildman–Crippen LogP) is 4.72. The molecule has 0 fully saturated rings. The van der Waals surface area contributed by atoms with Crippen LogP contribution in [0.15, 0.2) is 78.9 Å². The zero-order valence-electron chi connectivity index (χ0n) is 14.9. The van der Waals surface area contributed by atoms with E-state index in [-0.39, 0.29) is 5.75 Å². The van der Waals surface area contributed by atoms with Crippen LogP contribution in [0.3, 0.4) is 0 Å². The van der Waals surface area contributed by atoms with Crippen molar-refractivity contribution in [3.8, 4) is 0 Å². The van der Waals surface area contributed by atoms with Gasteiger partial charge in [-0.3, -0.25) is 4.72 Å². The van der Waals surface area contributed by atoms with Crippen molar-refractivity contribution >= 4 is 15.7 Å². The maximum Gasteiger partial charge on any atom is 0.236 e. The maximum atomic E-state index is 12.5. The second kappa shape index (κ2) is 8.19. The fraction of sp³-hybridized carbons (Fsp3) is 0.182. The highest BCUT2D eigenvalue weighted by molar-refractivity contribution is 7.91. The van der Waals surface area contributed by atoms with E-state index in [1.165, 1.54) is 5.56 Å². The average Bonchev–Trinajstić information content (AvgIpc) is 2.63. The van der Waals surface area contributed by atoms with Crippen molar-refractivity contribution in [2.75, 3.05) is 4.72 Å². The molecule has 3 aromatic carbocycles. The first-order chi connectivity index (χ1) is 12.5. The van der Waals surface area contributed by atoms with Gasteiger partial charge < -0.3 is 0 Å². The van der Waals surface area contributed by atoms with Crippen LogP contribution in [-0.2, 0) is 28.6 Å². The molecule has 0 amide bonds. The second-order valence-corrected chi connectivity index (χ2v) is 8.20. The summed E-state index contributed by atoms with van der Waals surface area (Å²) < 4.78 is 27.7. The Morgan fingerprint density at radius 2 is 1.31 bits per heavy atom. The van der Waals surface area contributed by atoms with E-state index in [9.17, 15) is 8.42 Å². The van der Waals surface area contributed by atoms with Gasteiger partial charge in [0.05, 0.1) is 11.4 Å². The summed E-state index contributed by atoms with van der Waals surface area (Å²) in [6.45, 7) is 1.92. The monoisotopic (exact) mass is 365 g/mol. The van der Waals surface area contributed by atoms with Gasteiger partial charge in [-0.25, -0.2) is 8.42 Å². The van der Waals surface area contributed by atoms with E-state index in [4.69, 9.17) is 0 Å². The van der Waals surface area contributed by atoms with Gasteiger partial charge in [0.25, 0.3) is 0 Å². The number of rotatable bonds is 7. The summed E-state index contributed by atoms with van der Waals surface area (Å²) in [5.74, 6) is -0.0263. The third-order valence-corrected chi connectivity index (χ3v) is 5.56. The van der Waals surface area contributed by atoms with Gasteiger partial charge in [0.2, 0.25) is 10.0 Å². The van der Waals surface area contributed by atoms with Gasteiger partial charge in [-0.1, -0.05) is 72.8 Å². The van der Waals surface area contributed by atoms with Crippen LogP contribution in [0, 0.1) is 6.92 Å². The summed E-state index contributed by atoms with van der Waals surface area (Å²) in [4.78, 5) is 0. The summed E-state index contributed by atoms with van der Waals surface area (Å²) in [6.07, 6.45) is 1.80. The Kier molecular flexibility index (Phi) is 5.74. The third-order valence-electron chi connectivity index (χ3n) is 4.31. The summed E-state index contributed by atoms with van der Waals surface area (Å²) >= 11 is 0. The standard InChI is InChI=1S/C22H23NO2S/c1-18-12-13-20(15-14-19-8-4-2-5-9-19)16-22(18)23-26(24,25)17-21-10-6-3-7-11-21/h2-13,16,23H,14-15,17H2,1H3. The van der Waals surface area contributed by atoms with Gasteiger partial charge in [-0.15, -0.1) is 0 Å². The van der Waals surface area contributed by atoms with Crippen LogP contribution < -0.4 is 4.72 Å². The molecule has 0 aromatic heterocycles. The molecule has 0 heterocycles. The van der Waals surface area contributed by atoms with Gasteiger partial charge >= 0.3 is 0 Å². The zero-order chi connectivity index (χ0) is 18.4. The lowest BCUT2D eigenvalue weighted by molar-refractivity contribution is 0.600. The van der Waals surface area contributed by atoms with Crippen LogP contribution in [-0.4, -0.2) is 8.42 Å². The molecule has 0 radical (unpaired) electrons. The van der Waals surface area contributed by atoms with Gasteiger partial charge in [0.1, 0.15) is 0 Å². The minimum absolute atomic E-state index is 0.0263. The first kappa shape index (κ1) is 18.2. The van der Waals surface area contributed by atoms with E-state index in [1.807, 2.05) is 67.6 Å². The lowest BCUT2D eigenvalue weighted by Gasteiger charge is -2.12. The molecule has 0 spiro atoms. The largest absolute Gasteiger partial charge is 0.283 e. The molecule has 0 saturated heterocycles. The lowest BCUT2D eigenvalue weighted by atomic mass is 10.0. The van der Waals surface area contributed by atoms with E-state index in [0.717, 1.165) is 29.5 Å². The van der Waals surface area contributed by atoms with Crippen LogP contribution >= 0.6 is 0 Å². The third kappa shape index (κ3) is 5.20. The number of hydrogen-bond acceptors (Lipinski definition) is 2. The minimum Gasteiger partial charge on any atom is -0.283 e. The van der Waals surface area contributed by atoms with Crippen molar-refractivity contribution in [1.29, 1.82) is 0 Å². The van der Waals surface area contributed by atoms with Crippen LogP contribution in [0.4, 0.5) is 5.69 Å². The van der Waals surface area contributed by atoms with Crippen molar-refractivity contribution in [2.24, 2.45) is 0 Å². The number of hydrogen-bond donors (Lipinski definition) is 1. The Morgan fingerprint density at radius 1 is 0.731 bits per heavy atom. The summed E-state index contributed by atoms with van der Waals surface area (Å²) in [5.41, 5.74) is 4.76. The Morgan fingerprint density at radius 3 is 1.96 bits per heavy atom. The molecule has 3 rings (SSSR count). The first-order valence-electron chi connectivity index (χ1n) is 8.70. The van der Waals surface area contributed by atoms with Crippen molar-refractivity contribution in [3.63, 3.8) is 0 Å². The molecule has 0 bridgehead atoms. The molecule has 0 aliphatic carbocycles. The first-order valence-corrected chi connectivity index (χ1v) is 10.3. The molecule has 3 aromatic rings. The Bertz CT molecular complexity index is 952. The fourth-order valence-electron chi connectivity index (χ4n) is 2.87. The second-order valence-electron chi connectivity index (χ2n) is 6.48.